The van der Waals surface area contributed by atoms with Crippen LogP contribution in [0.25, 0.3) is 0 Å². The maximum Gasteiger partial charge on any atom is 0.227 e. The second-order valence-corrected chi connectivity index (χ2v) is 6.46. The molecular weight excluding hydrogens is 280 g/mol. The molecule has 0 amide bonds. The molecule has 0 aromatic carbocycles. The number of hydrogen-bond acceptors (Lipinski definition) is 6. The number of rotatable bonds is 2. The molecule has 0 radical (unpaired) electrons. The van der Waals surface area contributed by atoms with Crippen LogP contribution in [0.2, 0.25) is 0 Å². The molecule has 1 aromatic heterocycles. The van der Waals surface area contributed by atoms with Crippen molar-refractivity contribution in [3.8, 4) is 0 Å². The Morgan fingerprint density at radius 1 is 0.955 bits per heavy atom. The number of ether oxygens (including phenoxy) is 2. The van der Waals surface area contributed by atoms with E-state index in [4.69, 9.17) is 14.5 Å². The van der Waals surface area contributed by atoms with Crippen LogP contribution in [-0.2, 0) is 9.47 Å². The molecule has 0 bridgehead atoms. The highest BCUT2D eigenvalue weighted by Crippen LogP contribution is 2.33. The van der Waals surface area contributed by atoms with Crippen molar-refractivity contribution in [1.29, 1.82) is 0 Å². The standard InChI is InChI=1S/C16H24N4O2/c1-13-12-14(19-6-2-3-7-19)18-15(17-13)20-8-4-16(5-9-20)21-10-11-22-16/h12H,2-11H2,1H3. The Labute approximate surface area is 131 Å². The van der Waals surface area contributed by atoms with Crippen molar-refractivity contribution in [1.82, 2.24) is 9.97 Å². The van der Waals surface area contributed by atoms with Crippen molar-refractivity contribution in [2.75, 3.05) is 49.2 Å². The summed E-state index contributed by atoms with van der Waals surface area (Å²) in [6, 6.07) is 2.10. The Balaban J connectivity index is 1.50. The molecule has 6 heteroatoms. The molecule has 6 nitrogen and oxygen atoms in total. The molecule has 0 atom stereocenters. The minimum atomic E-state index is -0.335. The van der Waals surface area contributed by atoms with Crippen LogP contribution in [-0.4, -0.2) is 55.1 Å². The molecule has 4 heterocycles. The fraction of sp³-hybridized carbons (Fsp3) is 0.750. The first kappa shape index (κ1) is 14.2. The highest BCUT2D eigenvalue weighted by Gasteiger charge is 2.40. The first-order valence-corrected chi connectivity index (χ1v) is 8.38. The van der Waals surface area contributed by atoms with Crippen molar-refractivity contribution in [3.63, 3.8) is 0 Å². The summed E-state index contributed by atoms with van der Waals surface area (Å²) in [5, 5.41) is 0. The minimum Gasteiger partial charge on any atom is -0.356 e. The highest BCUT2D eigenvalue weighted by atomic mass is 16.7. The van der Waals surface area contributed by atoms with Gasteiger partial charge in [-0.2, -0.15) is 4.98 Å². The molecule has 1 spiro atoms. The second kappa shape index (κ2) is 5.66. The molecule has 3 saturated heterocycles. The smallest absolute Gasteiger partial charge is 0.227 e. The van der Waals surface area contributed by atoms with Crippen LogP contribution >= 0.6 is 0 Å². The molecular formula is C16H24N4O2. The van der Waals surface area contributed by atoms with Gasteiger partial charge in [-0.3, -0.25) is 0 Å². The Hall–Kier alpha value is -1.40. The summed E-state index contributed by atoms with van der Waals surface area (Å²) in [6.45, 7) is 7.51. The third kappa shape index (κ3) is 2.65. The summed E-state index contributed by atoms with van der Waals surface area (Å²) < 4.78 is 11.6. The molecule has 120 valence electrons. The van der Waals surface area contributed by atoms with E-state index in [-0.39, 0.29) is 5.79 Å². The van der Waals surface area contributed by atoms with Gasteiger partial charge in [-0.05, 0) is 19.8 Å². The topological polar surface area (TPSA) is 50.7 Å². The van der Waals surface area contributed by atoms with E-state index < -0.39 is 0 Å². The molecule has 3 aliphatic heterocycles. The molecule has 0 unspecified atom stereocenters. The van der Waals surface area contributed by atoms with Gasteiger partial charge in [-0.1, -0.05) is 0 Å². The first-order valence-electron chi connectivity index (χ1n) is 8.38. The third-order valence-corrected chi connectivity index (χ3v) is 4.88. The first-order chi connectivity index (χ1) is 10.7. The van der Waals surface area contributed by atoms with E-state index in [1.807, 2.05) is 0 Å². The summed E-state index contributed by atoms with van der Waals surface area (Å²) in [5.41, 5.74) is 1.04. The molecule has 0 N–H and O–H groups in total. The maximum atomic E-state index is 5.80. The second-order valence-electron chi connectivity index (χ2n) is 6.46. The van der Waals surface area contributed by atoms with Crippen LogP contribution in [0, 0.1) is 6.92 Å². The predicted molar refractivity (Wildman–Crippen MR) is 84.3 cm³/mol. The van der Waals surface area contributed by atoms with E-state index in [9.17, 15) is 0 Å². The van der Waals surface area contributed by atoms with Gasteiger partial charge in [-0.25, -0.2) is 4.98 Å². The fourth-order valence-corrected chi connectivity index (χ4v) is 3.62. The fourth-order valence-electron chi connectivity index (χ4n) is 3.62. The van der Waals surface area contributed by atoms with Gasteiger partial charge in [0.15, 0.2) is 5.79 Å². The third-order valence-electron chi connectivity index (χ3n) is 4.88. The minimum absolute atomic E-state index is 0.335. The van der Waals surface area contributed by atoms with E-state index in [1.165, 1.54) is 12.8 Å². The summed E-state index contributed by atoms with van der Waals surface area (Å²) in [4.78, 5) is 14.1. The van der Waals surface area contributed by atoms with E-state index in [2.05, 4.69) is 27.8 Å². The Morgan fingerprint density at radius 3 is 2.32 bits per heavy atom. The van der Waals surface area contributed by atoms with E-state index in [1.54, 1.807) is 0 Å². The maximum absolute atomic E-state index is 5.80. The van der Waals surface area contributed by atoms with Gasteiger partial charge in [0.2, 0.25) is 5.95 Å². The van der Waals surface area contributed by atoms with Gasteiger partial charge in [-0.15, -0.1) is 0 Å². The largest absolute Gasteiger partial charge is 0.356 e. The van der Waals surface area contributed by atoms with Gasteiger partial charge in [0, 0.05) is 50.8 Å². The molecule has 4 rings (SSSR count). The van der Waals surface area contributed by atoms with Crippen molar-refractivity contribution < 1.29 is 9.47 Å². The number of aromatic nitrogens is 2. The predicted octanol–water partition coefficient (Wildman–Crippen LogP) is 1.73. The van der Waals surface area contributed by atoms with Gasteiger partial charge >= 0.3 is 0 Å². The van der Waals surface area contributed by atoms with Crippen molar-refractivity contribution in [3.05, 3.63) is 11.8 Å². The molecule has 3 aliphatic rings. The lowest BCUT2D eigenvalue weighted by molar-refractivity contribution is -0.169. The van der Waals surface area contributed by atoms with Crippen LogP contribution in [0.3, 0.4) is 0 Å². The zero-order chi connectivity index (χ0) is 15.0. The summed E-state index contributed by atoms with van der Waals surface area (Å²) in [7, 11) is 0. The summed E-state index contributed by atoms with van der Waals surface area (Å²) in [5.74, 6) is 1.60. The number of aryl methyl sites for hydroxylation is 1. The van der Waals surface area contributed by atoms with Gasteiger partial charge in [0.05, 0.1) is 13.2 Å². The average Bonchev–Trinajstić information content (AvgIpc) is 3.19. The number of hydrogen-bond donors (Lipinski definition) is 0. The zero-order valence-electron chi connectivity index (χ0n) is 13.3. The zero-order valence-corrected chi connectivity index (χ0v) is 13.3. The molecule has 22 heavy (non-hydrogen) atoms. The average molecular weight is 304 g/mol. The monoisotopic (exact) mass is 304 g/mol. The van der Waals surface area contributed by atoms with Crippen LogP contribution in [0.15, 0.2) is 6.07 Å². The van der Waals surface area contributed by atoms with Gasteiger partial charge < -0.3 is 19.3 Å². The number of nitrogens with zero attached hydrogens (tertiary/aromatic N) is 4. The van der Waals surface area contributed by atoms with Crippen LogP contribution < -0.4 is 9.80 Å². The van der Waals surface area contributed by atoms with Crippen LogP contribution in [0.5, 0.6) is 0 Å². The number of piperidine rings is 1. The van der Waals surface area contributed by atoms with E-state index in [0.717, 1.165) is 69.7 Å². The highest BCUT2D eigenvalue weighted by molar-refractivity contribution is 5.46. The Kier molecular flexibility index (Phi) is 3.66. The lowest BCUT2D eigenvalue weighted by atomic mass is 10.0. The van der Waals surface area contributed by atoms with Crippen LogP contribution in [0.4, 0.5) is 11.8 Å². The lowest BCUT2D eigenvalue weighted by Gasteiger charge is -2.37. The molecule has 1 aromatic rings. The Morgan fingerprint density at radius 2 is 1.64 bits per heavy atom. The van der Waals surface area contributed by atoms with Crippen molar-refractivity contribution in [2.45, 2.75) is 38.4 Å². The van der Waals surface area contributed by atoms with Crippen molar-refractivity contribution in [2.24, 2.45) is 0 Å². The lowest BCUT2D eigenvalue weighted by Crippen LogP contribution is -2.45. The number of anilines is 2. The normalized spacial score (nSPS) is 24.4. The Bertz CT molecular complexity index is 529. The van der Waals surface area contributed by atoms with Crippen LogP contribution in [0.1, 0.15) is 31.4 Å². The summed E-state index contributed by atoms with van der Waals surface area (Å²) in [6.07, 6.45) is 4.31. The van der Waals surface area contributed by atoms with E-state index in [0.29, 0.717) is 0 Å². The SMILES string of the molecule is Cc1cc(N2CCCC2)nc(N2CCC3(CC2)OCCO3)n1. The van der Waals surface area contributed by atoms with E-state index >= 15 is 0 Å². The quantitative estimate of drug-likeness (QED) is 0.829. The summed E-state index contributed by atoms with van der Waals surface area (Å²) >= 11 is 0. The van der Waals surface area contributed by atoms with Gasteiger partial charge in [0.1, 0.15) is 5.82 Å². The molecule has 0 aliphatic carbocycles. The molecule has 0 saturated carbocycles. The molecule has 3 fully saturated rings. The van der Waals surface area contributed by atoms with Gasteiger partial charge in [0.25, 0.3) is 0 Å². The van der Waals surface area contributed by atoms with Crippen molar-refractivity contribution >= 4 is 11.8 Å².